The largest absolute Gasteiger partial charge is 0.339 e. The lowest BCUT2D eigenvalue weighted by molar-refractivity contribution is -0.130. The van der Waals surface area contributed by atoms with Gasteiger partial charge in [-0.25, -0.2) is 9.78 Å². The second-order valence-corrected chi connectivity index (χ2v) is 7.18. The van der Waals surface area contributed by atoms with Crippen LogP contribution in [0.3, 0.4) is 0 Å². The monoisotopic (exact) mass is 387 g/mol. The van der Waals surface area contributed by atoms with Crippen LogP contribution in [0.1, 0.15) is 22.3 Å². The molecule has 1 saturated heterocycles. The Bertz CT molecular complexity index is 844. The summed E-state index contributed by atoms with van der Waals surface area (Å²) in [6, 6.07) is 8.66. The van der Waals surface area contributed by atoms with Gasteiger partial charge >= 0.3 is 6.03 Å². The number of piperazine rings is 1. The molecule has 1 aliphatic rings. The van der Waals surface area contributed by atoms with E-state index >= 15 is 0 Å². The van der Waals surface area contributed by atoms with Crippen molar-refractivity contribution in [1.29, 1.82) is 0 Å². The molecular formula is C18H21N5O3S. The van der Waals surface area contributed by atoms with E-state index in [1.165, 1.54) is 6.92 Å². The lowest BCUT2D eigenvalue weighted by Crippen LogP contribution is -2.50. The van der Waals surface area contributed by atoms with E-state index in [-0.39, 0.29) is 11.8 Å². The fraction of sp³-hybridized carbons (Fsp3) is 0.333. The molecule has 142 valence electrons. The first-order valence-corrected chi connectivity index (χ1v) is 9.41. The molecule has 1 fully saturated rings. The molecule has 1 aliphatic heterocycles. The molecule has 0 radical (unpaired) electrons. The van der Waals surface area contributed by atoms with Crippen LogP contribution in [0.5, 0.6) is 0 Å². The summed E-state index contributed by atoms with van der Waals surface area (Å²) < 4.78 is 0. The molecule has 27 heavy (non-hydrogen) atoms. The second-order valence-electron chi connectivity index (χ2n) is 6.18. The van der Waals surface area contributed by atoms with E-state index in [1.807, 2.05) is 18.2 Å². The topological polar surface area (TPSA) is 94.6 Å². The molecule has 0 bridgehead atoms. The Morgan fingerprint density at radius 2 is 1.63 bits per heavy atom. The van der Waals surface area contributed by atoms with Crippen LogP contribution in [0.25, 0.3) is 0 Å². The number of benzene rings is 1. The highest BCUT2D eigenvalue weighted by molar-refractivity contribution is 7.17. The summed E-state index contributed by atoms with van der Waals surface area (Å²) in [5, 5.41) is 5.74. The van der Waals surface area contributed by atoms with Gasteiger partial charge in [-0.05, 0) is 19.1 Å². The fourth-order valence-corrected chi connectivity index (χ4v) is 3.73. The van der Waals surface area contributed by atoms with Gasteiger partial charge in [0.15, 0.2) is 5.13 Å². The van der Waals surface area contributed by atoms with Gasteiger partial charge in [0, 0.05) is 38.8 Å². The van der Waals surface area contributed by atoms with Crippen molar-refractivity contribution in [3.63, 3.8) is 0 Å². The minimum absolute atomic E-state index is 0.0204. The Labute approximate surface area is 161 Å². The first-order valence-electron chi connectivity index (χ1n) is 8.59. The van der Waals surface area contributed by atoms with Gasteiger partial charge in [0.1, 0.15) is 4.88 Å². The zero-order valence-corrected chi connectivity index (χ0v) is 16.0. The first kappa shape index (κ1) is 18.8. The van der Waals surface area contributed by atoms with E-state index in [9.17, 15) is 14.4 Å². The summed E-state index contributed by atoms with van der Waals surface area (Å²) in [7, 11) is 0. The molecule has 8 nitrogen and oxygen atoms in total. The van der Waals surface area contributed by atoms with Gasteiger partial charge in [0.25, 0.3) is 5.91 Å². The standard InChI is InChI=1S/C18H21N5O3S/c1-12-15(16(25)23-10-8-22(9-11-23)13(2)24)27-18(19-12)21-17(26)20-14-6-4-3-5-7-14/h3-7H,8-11H2,1-2H3,(H2,19,20,21,26). The Balaban J connectivity index is 1.61. The third kappa shape index (κ3) is 4.62. The minimum atomic E-state index is -0.413. The van der Waals surface area contributed by atoms with Gasteiger partial charge < -0.3 is 15.1 Å². The van der Waals surface area contributed by atoms with Crippen LogP contribution < -0.4 is 10.6 Å². The normalized spacial score (nSPS) is 14.0. The number of urea groups is 1. The number of hydrogen-bond donors (Lipinski definition) is 2. The molecule has 2 aromatic rings. The van der Waals surface area contributed by atoms with Crippen LogP contribution in [0.15, 0.2) is 30.3 Å². The SMILES string of the molecule is CC(=O)N1CCN(C(=O)c2sc(NC(=O)Nc3ccccc3)nc2C)CC1. The zero-order chi connectivity index (χ0) is 19.4. The summed E-state index contributed by atoms with van der Waals surface area (Å²) in [5.41, 5.74) is 1.25. The number of aromatic nitrogens is 1. The summed E-state index contributed by atoms with van der Waals surface area (Å²) >= 11 is 1.15. The van der Waals surface area contributed by atoms with Crippen LogP contribution in [0, 0.1) is 6.92 Å². The third-order valence-corrected chi connectivity index (χ3v) is 5.32. The van der Waals surface area contributed by atoms with Gasteiger partial charge in [0.05, 0.1) is 5.69 Å². The van der Waals surface area contributed by atoms with E-state index in [2.05, 4.69) is 15.6 Å². The average molecular weight is 387 g/mol. The maximum absolute atomic E-state index is 12.8. The molecule has 0 atom stereocenters. The first-order chi connectivity index (χ1) is 12.9. The van der Waals surface area contributed by atoms with Crippen LogP contribution >= 0.6 is 11.3 Å². The Kier molecular flexibility index (Phi) is 5.70. The molecule has 0 aliphatic carbocycles. The molecule has 0 saturated carbocycles. The molecule has 1 aromatic heterocycles. The zero-order valence-electron chi connectivity index (χ0n) is 15.2. The van der Waals surface area contributed by atoms with Gasteiger partial charge in [-0.15, -0.1) is 0 Å². The van der Waals surface area contributed by atoms with Gasteiger partial charge in [0.2, 0.25) is 5.91 Å². The van der Waals surface area contributed by atoms with Crippen molar-refractivity contribution >= 4 is 40.0 Å². The number of carbonyl (C=O) groups excluding carboxylic acids is 3. The number of nitrogens with one attached hydrogen (secondary N) is 2. The van der Waals surface area contributed by atoms with Crippen LogP contribution in [-0.2, 0) is 4.79 Å². The van der Waals surface area contributed by atoms with Gasteiger partial charge in [-0.1, -0.05) is 29.5 Å². The fourth-order valence-electron chi connectivity index (χ4n) is 2.80. The highest BCUT2D eigenvalue weighted by Crippen LogP contribution is 2.25. The number of hydrogen-bond acceptors (Lipinski definition) is 5. The smallest absolute Gasteiger partial charge is 0.325 e. The van der Waals surface area contributed by atoms with E-state index in [0.717, 1.165) is 11.3 Å². The molecule has 0 unspecified atom stereocenters. The molecular weight excluding hydrogens is 366 g/mol. The molecule has 2 N–H and O–H groups in total. The number of nitrogens with zero attached hydrogens (tertiary/aromatic N) is 3. The van der Waals surface area contributed by atoms with Crippen molar-refractivity contribution in [2.24, 2.45) is 0 Å². The molecule has 4 amide bonds. The Hall–Kier alpha value is -2.94. The summed E-state index contributed by atoms with van der Waals surface area (Å²) in [6.07, 6.45) is 0. The van der Waals surface area contributed by atoms with E-state index in [0.29, 0.717) is 47.6 Å². The summed E-state index contributed by atoms with van der Waals surface area (Å²) in [4.78, 5) is 44.5. The maximum Gasteiger partial charge on any atom is 0.325 e. The summed E-state index contributed by atoms with van der Waals surface area (Å²) in [6.45, 7) is 5.33. The number of carbonyl (C=O) groups is 3. The highest BCUT2D eigenvalue weighted by Gasteiger charge is 2.26. The predicted molar refractivity (Wildman–Crippen MR) is 104 cm³/mol. The number of rotatable bonds is 3. The summed E-state index contributed by atoms with van der Waals surface area (Å²) in [5.74, 6) is -0.100. The van der Waals surface area contributed by atoms with E-state index in [1.54, 1.807) is 28.9 Å². The number of anilines is 2. The van der Waals surface area contributed by atoms with E-state index in [4.69, 9.17) is 0 Å². The Morgan fingerprint density at radius 1 is 1.00 bits per heavy atom. The van der Waals surface area contributed by atoms with Crippen LogP contribution in [-0.4, -0.2) is 58.8 Å². The van der Waals surface area contributed by atoms with Gasteiger partial charge in [-0.2, -0.15) is 0 Å². The second kappa shape index (κ2) is 8.17. The molecule has 1 aromatic carbocycles. The maximum atomic E-state index is 12.8. The van der Waals surface area contributed by atoms with Crippen molar-refractivity contribution in [2.45, 2.75) is 13.8 Å². The van der Waals surface area contributed by atoms with Crippen LogP contribution in [0.4, 0.5) is 15.6 Å². The molecule has 9 heteroatoms. The van der Waals surface area contributed by atoms with Crippen molar-refractivity contribution in [3.05, 3.63) is 40.9 Å². The molecule has 0 spiro atoms. The predicted octanol–water partition coefficient (Wildman–Crippen LogP) is 2.40. The number of thiazole rings is 1. The lowest BCUT2D eigenvalue weighted by atomic mass is 10.2. The van der Waals surface area contributed by atoms with Crippen molar-refractivity contribution < 1.29 is 14.4 Å². The average Bonchev–Trinajstić information content (AvgIpc) is 3.01. The number of aryl methyl sites for hydroxylation is 1. The van der Waals surface area contributed by atoms with Crippen molar-refractivity contribution in [2.75, 3.05) is 36.8 Å². The van der Waals surface area contributed by atoms with Gasteiger partial charge in [-0.3, -0.25) is 14.9 Å². The van der Waals surface area contributed by atoms with E-state index < -0.39 is 6.03 Å². The van der Waals surface area contributed by atoms with Crippen LogP contribution in [0.2, 0.25) is 0 Å². The van der Waals surface area contributed by atoms with Crippen molar-refractivity contribution in [3.8, 4) is 0 Å². The van der Waals surface area contributed by atoms with Crippen molar-refractivity contribution in [1.82, 2.24) is 14.8 Å². The molecule has 3 rings (SSSR count). The lowest BCUT2D eigenvalue weighted by Gasteiger charge is -2.34. The highest BCUT2D eigenvalue weighted by atomic mass is 32.1. The quantitative estimate of drug-likeness (QED) is 0.845. The Morgan fingerprint density at radius 3 is 2.26 bits per heavy atom. The third-order valence-electron chi connectivity index (χ3n) is 4.26. The minimum Gasteiger partial charge on any atom is -0.339 e. The number of amides is 4. The number of para-hydroxylation sites is 1. The molecule has 2 heterocycles.